The van der Waals surface area contributed by atoms with Crippen LogP contribution >= 0.6 is 0 Å². The summed E-state index contributed by atoms with van der Waals surface area (Å²) >= 11 is 0. The van der Waals surface area contributed by atoms with E-state index in [9.17, 15) is 13.2 Å². The molecule has 1 heterocycles. The van der Waals surface area contributed by atoms with Gasteiger partial charge in [-0.3, -0.25) is 4.98 Å². The van der Waals surface area contributed by atoms with Gasteiger partial charge < -0.3 is 5.73 Å². The maximum atomic E-state index is 12.4. The van der Waals surface area contributed by atoms with Crippen LogP contribution in [0.3, 0.4) is 0 Å². The lowest BCUT2D eigenvalue weighted by molar-refractivity contribution is -0.137. The first-order chi connectivity index (χ1) is 9.45. The standard InChI is InChI=1S/C15H23F3N2/c1-2-3-4-5-6-7-8-13(19)14-10-9-12(11-20-14)15(16,17)18/h9-11,13H,2-8,19H2,1H3. The van der Waals surface area contributed by atoms with Crippen LogP contribution in [0.5, 0.6) is 0 Å². The van der Waals surface area contributed by atoms with Gasteiger partial charge in [-0.05, 0) is 18.6 Å². The van der Waals surface area contributed by atoms with E-state index in [0.717, 1.165) is 31.5 Å². The van der Waals surface area contributed by atoms with E-state index in [1.165, 1.54) is 31.7 Å². The average Bonchev–Trinajstić information content (AvgIpc) is 2.41. The molecule has 1 aromatic rings. The molecule has 0 aliphatic rings. The summed E-state index contributed by atoms with van der Waals surface area (Å²) in [6, 6.07) is 2.15. The molecule has 0 aliphatic carbocycles. The number of halogens is 3. The zero-order valence-corrected chi connectivity index (χ0v) is 11.9. The molecule has 0 aromatic carbocycles. The Kier molecular flexibility index (Phi) is 6.99. The molecule has 2 nitrogen and oxygen atoms in total. The van der Waals surface area contributed by atoms with Gasteiger partial charge >= 0.3 is 6.18 Å². The second-order valence-corrected chi connectivity index (χ2v) is 5.13. The topological polar surface area (TPSA) is 38.9 Å². The molecule has 1 rings (SSSR count). The maximum absolute atomic E-state index is 12.4. The van der Waals surface area contributed by atoms with Gasteiger partial charge in [0, 0.05) is 12.2 Å². The zero-order chi connectivity index (χ0) is 15.0. The van der Waals surface area contributed by atoms with Gasteiger partial charge in [-0.15, -0.1) is 0 Å². The molecule has 2 N–H and O–H groups in total. The molecule has 20 heavy (non-hydrogen) atoms. The Morgan fingerprint density at radius 3 is 2.30 bits per heavy atom. The second kappa shape index (κ2) is 8.25. The van der Waals surface area contributed by atoms with E-state index < -0.39 is 11.7 Å². The van der Waals surface area contributed by atoms with E-state index in [-0.39, 0.29) is 6.04 Å². The molecule has 0 radical (unpaired) electrons. The zero-order valence-electron chi connectivity index (χ0n) is 11.9. The summed E-state index contributed by atoms with van der Waals surface area (Å²) in [6.45, 7) is 2.17. The molecule has 0 spiro atoms. The Morgan fingerprint density at radius 2 is 1.75 bits per heavy atom. The highest BCUT2D eigenvalue weighted by Crippen LogP contribution is 2.29. The van der Waals surface area contributed by atoms with E-state index in [1.807, 2.05) is 0 Å². The summed E-state index contributed by atoms with van der Waals surface area (Å²) in [7, 11) is 0. The fourth-order valence-corrected chi connectivity index (χ4v) is 2.08. The van der Waals surface area contributed by atoms with E-state index in [1.54, 1.807) is 0 Å². The van der Waals surface area contributed by atoms with Crippen LogP contribution in [-0.2, 0) is 6.18 Å². The molecule has 0 amide bonds. The predicted molar refractivity (Wildman–Crippen MR) is 74.2 cm³/mol. The van der Waals surface area contributed by atoms with Crippen LogP contribution < -0.4 is 5.73 Å². The Balaban J connectivity index is 2.34. The molecule has 0 saturated carbocycles. The van der Waals surface area contributed by atoms with Crippen LogP contribution in [0, 0.1) is 0 Å². The van der Waals surface area contributed by atoms with Crippen LogP contribution in [0.25, 0.3) is 0 Å². The number of pyridine rings is 1. The average molecular weight is 288 g/mol. The lowest BCUT2D eigenvalue weighted by Crippen LogP contribution is -2.13. The van der Waals surface area contributed by atoms with Crippen molar-refractivity contribution in [2.24, 2.45) is 5.73 Å². The van der Waals surface area contributed by atoms with Gasteiger partial charge in [0.2, 0.25) is 0 Å². The van der Waals surface area contributed by atoms with Crippen LogP contribution in [0.15, 0.2) is 18.3 Å². The van der Waals surface area contributed by atoms with E-state index in [2.05, 4.69) is 11.9 Å². The molecule has 0 aliphatic heterocycles. The van der Waals surface area contributed by atoms with Crippen molar-refractivity contribution in [1.82, 2.24) is 4.98 Å². The van der Waals surface area contributed by atoms with Crippen molar-refractivity contribution < 1.29 is 13.2 Å². The third-order valence-electron chi connectivity index (χ3n) is 3.36. The van der Waals surface area contributed by atoms with Crippen molar-refractivity contribution in [3.8, 4) is 0 Å². The summed E-state index contributed by atoms with van der Waals surface area (Å²) in [5.41, 5.74) is 5.76. The van der Waals surface area contributed by atoms with Gasteiger partial charge in [-0.25, -0.2) is 0 Å². The number of hydrogen-bond acceptors (Lipinski definition) is 2. The first kappa shape index (κ1) is 17.0. The van der Waals surface area contributed by atoms with Gasteiger partial charge in [-0.2, -0.15) is 13.2 Å². The van der Waals surface area contributed by atoms with Crippen molar-refractivity contribution in [3.63, 3.8) is 0 Å². The number of hydrogen-bond donors (Lipinski definition) is 1. The number of alkyl halides is 3. The molecular weight excluding hydrogens is 265 g/mol. The molecule has 1 aromatic heterocycles. The third kappa shape index (κ3) is 5.90. The first-order valence-corrected chi connectivity index (χ1v) is 7.24. The Bertz CT molecular complexity index is 374. The van der Waals surface area contributed by atoms with Gasteiger partial charge in [0.05, 0.1) is 11.3 Å². The molecule has 0 saturated heterocycles. The highest BCUT2D eigenvalue weighted by molar-refractivity contribution is 5.18. The summed E-state index contributed by atoms with van der Waals surface area (Å²) < 4.78 is 37.2. The Morgan fingerprint density at radius 1 is 1.10 bits per heavy atom. The van der Waals surface area contributed by atoms with E-state index >= 15 is 0 Å². The van der Waals surface area contributed by atoms with Gasteiger partial charge in [-0.1, -0.05) is 45.4 Å². The lowest BCUT2D eigenvalue weighted by Gasteiger charge is -2.12. The van der Waals surface area contributed by atoms with Gasteiger partial charge in [0.15, 0.2) is 0 Å². The predicted octanol–water partition coefficient (Wildman–Crippen LogP) is 4.85. The first-order valence-electron chi connectivity index (χ1n) is 7.24. The van der Waals surface area contributed by atoms with Crippen LogP contribution in [0.2, 0.25) is 0 Å². The largest absolute Gasteiger partial charge is 0.417 e. The highest BCUT2D eigenvalue weighted by Gasteiger charge is 2.30. The number of aromatic nitrogens is 1. The maximum Gasteiger partial charge on any atom is 0.417 e. The number of rotatable bonds is 8. The van der Waals surface area contributed by atoms with Crippen LogP contribution in [0.1, 0.15) is 69.2 Å². The minimum absolute atomic E-state index is 0.275. The van der Waals surface area contributed by atoms with E-state index in [4.69, 9.17) is 5.73 Å². The molecule has 114 valence electrons. The lowest BCUT2D eigenvalue weighted by atomic mass is 10.0. The number of unbranched alkanes of at least 4 members (excludes halogenated alkanes) is 5. The SMILES string of the molecule is CCCCCCCCC(N)c1ccc(C(F)(F)F)cn1. The molecule has 0 bridgehead atoms. The number of nitrogens with two attached hydrogens (primary N) is 1. The molecule has 5 heteroatoms. The van der Waals surface area contributed by atoms with Crippen molar-refractivity contribution >= 4 is 0 Å². The van der Waals surface area contributed by atoms with Gasteiger partial charge in [0.25, 0.3) is 0 Å². The monoisotopic (exact) mass is 288 g/mol. The summed E-state index contributed by atoms with van der Waals surface area (Å²) in [5, 5.41) is 0. The minimum Gasteiger partial charge on any atom is -0.323 e. The fraction of sp³-hybridized carbons (Fsp3) is 0.667. The minimum atomic E-state index is -4.34. The number of nitrogens with zero attached hydrogens (tertiary/aromatic N) is 1. The summed E-state index contributed by atoms with van der Waals surface area (Å²) in [6.07, 6.45) is 4.31. The summed E-state index contributed by atoms with van der Waals surface area (Å²) in [4.78, 5) is 3.83. The van der Waals surface area contributed by atoms with Gasteiger partial charge in [0.1, 0.15) is 0 Å². The smallest absolute Gasteiger partial charge is 0.323 e. The van der Waals surface area contributed by atoms with Crippen LogP contribution in [0.4, 0.5) is 13.2 Å². The normalized spacial score (nSPS) is 13.4. The highest BCUT2D eigenvalue weighted by atomic mass is 19.4. The summed E-state index contributed by atoms with van der Waals surface area (Å²) in [5.74, 6) is 0. The quantitative estimate of drug-likeness (QED) is 0.694. The molecule has 0 fully saturated rings. The Hall–Kier alpha value is -1.10. The molecule has 1 atom stereocenters. The molecule has 1 unspecified atom stereocenters. The van der Waals surface area contributed by atoms with Crippen LogP contribution in [-0.4, -0.2) is 4.98 Å². The van der Waals surface area contributed by atoms with Crippen molar-refractivity contribution in [1.29, 1.82) is 0 Å². The molecular formula is C15H23F3N2. The Labute approximate surface area is 118 Å². The van der Waals surface area contributed by atoms with E-state index in [0.29, 0.717) is 5.69 Å². The van der Waals surface area contributed by atoms with Crippen molar-refractivity contribution in [2.45, 2.75) is 64.1 Å². The van der Waals surface area contributed by atoms with Crippen molar-refractivity contribution in [2.75, 3.05) is 0 Å². The van der Waals surface area contributed by atoms with Crippen molar-refractivity contribution in [3.05, 3.63) is 29.6 Å². The third-order valence-corrected chi connectivity index (χ3v) is 3.36. The second-order valence-electron chi connectivity index (χ2n) is 5.13. The fourth-order valence-electron chi connectivity index (χ4n) is 2.08.